The number of hydrogen-bond donors (Lipinski definition) is 2. The molecule has 0 fully saturated rings. The van der Waals surface area contributed by atoms with Crippen molar-refractivity contribution in [2.45, 2.75) is 45.8 Å². The Morgan fingerprint density at radius 3 is 2.45 bits per heavy atom. The van der Waals surface area contributed by atoms with Gasteiger partial charge in [-0.05, 0) is 24.8 Å². The first-order valence-corrected chi connectivity index (χ1v) is 7.73. The van der Waals surface area contributed by atoms with Crippen molar-refractivity contribution in [3.8, 4) is 0 Å². The number of ether oxygens (including phenoxy) is 1. The summed E-state index contributed by atoms with van der Waals surface area (Å²) in [6, 6.07) is 9.45. The van der Waals surface area contributed by atoms with E-state index < -0.39 is 0 Å². The summed E-state index contributed by atoms with van der Waals surface area (Å²) in [6.07, 6.45) is 1.33. The third-order valence-corrected chi connectivity index (χ3v) is 3.51. The van der Waals surface area contributed by atoms with Crippen LogP contribution in [0.5, 0.6) is 0 Å². The molecule has 0 spiro atoms. The first-order chi connectivity index (χ1) is 10.0. The van der Waals surface area contributed by atoms with Crippen LogP contribution in [0.15, 0.2) is 30.3 Å². The van der Waals surface area contributed by atoms with Gasteiger partial charge in [-0.1, -0.05) is 44.2 Å². The number of amides is 1. The average Bonchev–Trinajstić information content (AvgIpc) is 2.47. The molecule has 126 valence electrons. The first-order valence-electron chi connectivity index (χ1n) is 7.73. The molecule has 22 heavy (non-hydrogen) atoms. The Kier molecular flexibility index (Phi) is 10.9. The number of carbonyl (C=O) groups is 1. The van der Waals surface area contributed by atoms with Gasteiger partial charge in [0.05, 0.1) is 6.10 Å². The van der Waals surface area contributed by atoms with E-state index in [9.17, 15) is 4.79 Å². The zero-order chi connectivity index (χ0) is 15.7. The summed E-state index contributed by atoms with van der Waals surface area (Å²) in [5, 5.41) is 2.93. The fraction of sp³-hybridized carbons (Fsp3) is 0.588. The molecule has 1 rings (SSSR count). The van der Waals surface area contributed by atoms with Gasteiger partial charge in [0, 0.05) is 25.6 Å². The van der Waals surface area contributed by atoms with Crippen molar-refractivity contribution >= 4 is 18.3 Å². The Bertz CT molecular complexity index is 412. The molecule has 2 unspecified atom stereocenters. The fourth-order valence-electron chi connectivity index (χ4n) is 2.27. The molecule has 0 aliphatic carbocycles. The van der Waals surface area contributed by atoms with Gasteiger partial charge in [-0.25, -0.2) is 0 Å². The van der Waals surface area contributed by atoms with E-state index in [1.165, 1.54) is 0 Å². The summed E-state index contributed by atoms with van der Waals surface area (Å²) in [6.45, 7) is 7.59. The SMILES string of the molecule is CCOC(CCNC(=O)CC(N)c1ccccc1)C(C)C.Cl. The van der Waals surface area contributed by atoms with E-state index in [1.54, 1.807) is 0 Å². The normalized spacial score (nSPS) is 13.3. The average molecular weight is 329 g/mol. The minimum atomic E-state index is -0.251. The number of nitrogens with one attached hydrogen (secondary N) is 1. The van der Waals surface area contributed by atoms with Crippen molar-refractivity contribution < 1.29 is 9.53 Å². The van der Waals surface area contributed by atoms with Gasteiger partial charge >= 0.3 is 0 Å². The van der Waals surface area contributed by atoms with Gasteiger partial charge in [0.25, 0.3) is 0 Å². The third-order valence-electron chi connectivity index (χ3n) is 3.51. The van der Waals surface area contributed by atoms with Crippen LogP contribution < -0.4 is 11.1 Å². The second kappa shape index (κ2) is 11.5. The van der Waals surface area contributed by atoms with Crippen LogP contribution in [0.2, 0.25) is 0 Å². The highest BCUT2D eigenvalue weighted by atomic mass is 35.5. The number of carbonyl (C=O) groups excluding carboxylic acids is 1. The largest absolute Gasteiger partial charge is 0.378 e. The lowest BCUT2D eigenvalue weighted by Gasteiger charge is -2.21. The molecule has 5 heteroatoms. The van der Waals surface area contributed by atoms with Crippen LogP contribution in [-0.2, 0) is 9.53 Å². The van der Waals surface area contributed by atoms with Crippen LogP contribution in [0.4, 0.5) is 0 Å². The van der Waals surface area contributed by atoms with E-state index >= 15 is 0 Å². The molecule has 1 aromatic rings. The van der Waals surface area contributed by atoms with E-state index in [4.69, 9.17) is 10.5 Å². The Hall–Kier alpha value is -1.10. The molecular weight excluding hydrogens is 300 g/mol. The standard InChI is InChI=1S/C17H28N2O2.ClH/c1-4-21-16(13(2)3)10-11-19-17(20)12-15(18)14-8-6-5-7-9-14;/h5-9,13,15-16H,4,10-12,18H2,1-3H3,(H,19,20);1H. The number of hydrogen-bond acceptors (Lipinski definition) is 3. The smallest absolute Gasteiger partial charge is 0.221 e. The molecule has 4 nitrogen and oxygen atoms in total. The molecule has 0 saturated carbocycles. The van der Waals surface area contributed by atoms with Crippen molar-refractivity contribution in [3.63, 3.8) is 0 Å². The molecule has 0 aromatic heterocycles. The van der Waals surface area contributed by atoms with Crippen molar-refractivity contribution in [2.75, 3.05) is 13.2 Å². The Morgan fingerprint density at radius 1 is 1.27 bits per heavy atom. The summed E-state index contributed by atoms with van der Waals surface area (Å²) in [4.78, 5) is 11.9. The zero-order valence-corrected chi connectivity index (χ0v) is 14.6. The van der Waals surface area contributed by atoms with Gasteiger partial charge in [0.2, 0.25) is 5.91 Å². The predicted molar refractivity (Wildman–Crippen MR) is 93.1 cm³/mol. The summed E-state index contributed by atoms with van der Waals surface area (Å²) in [5.41, 5.74) is 7.03. The van der Waals surface area contributed by atoms with E-state index in [0.29, 0.717) is 25.5 Å². The van der Waals surface area contributed by atoms with Crippen molar-refractivity contribution in [2.24, 2.45) is 11.7 Å². The maximum absolute atomic E-state index is 11.9. The van der Waals surface area contributed by atoms with Crippen LogP contribution in [-0.4, -0.2) is 25.2 Å². The molecule has 1 aromatic carbocycles. The molecule has 0 saturated heterocycles. The van der Waals surface area contributed by atoms with Gasteiger partial charge in [-0.3, -0.25) is 4.79 Å². The lowest BCUT2D eigenvalue weighted by molar-refractivity contribution is -0.121. The molecular formula is C17H29ClN2O2. The molecule has 3 N–H and O–H groups in total. The van der Waals surface area contributed by atoms with Crippen molar-refractivity contribution in [1.29, 1.82) is 0 Å². The van der Waals surface area contributed by atoms with E-state index in [2.05, 4.69) is 19.2 Å². The van der Waals surface area contributed by atoms with E-state index in [-0.39, 0.29) is 30.5 Å². The Labute approximate surface area is 140 Å². The molecule has 2 atom stereocenters. The quantitative estimate of drug-likeness (QED) is 0.732. The fourth-order valence-corrected chi connectivity index (χ4v) is 2.27. The molecule has 0 radical (unpaired) electrons. The van der Waals surface area contributed by atoms with Crippen LogP contribution in [0.25, 0.3) is 0 Å². The summed E-state index contributed by atoms with van der Waals surface area (Å²) in [5.74, 6) is 0.443. The minimum absolute atomic E-state index is 0. The maximum Gasteiger partial charge on any atom is 0.221 e. The van der Waals surface area contributed by atoms with E-state index in [1.807, 2.05) is 37.3 Å². The predicted octanol–water partition coefficient (Wildman–Crippen LogP) is 3.07. The number of benzene rings is 1. The highest BCUT2D eigenvalue weighted by molar-refractivity contribution is 5.85. The van der Waals surface area contributed by atoms with Gasteiger partial charge < -0.3 is 15.8 Å². The molecule has 1 amide bonds. The van der Waals surface area contributed by atoms with Gasteiger partial charge in [-0.15, -0.1) is 12.4 Å². The van der Waals surface area contributed by atoms with Gasteiger partial charge in [-0.2, -0.15) is 0 Å². The van der Waals surface area contributed by atoms with Gasteiger partial charge in [0.15, 0.2) is 0 Å². The number of halogens is 1. The van der Waals surface area contributed by atoms with Crippen LogP contribution >= 0.6 is 12.4 Å². The molecule has 0 aliphatic rings. The van der Waals surface area contributed by atoms with Crippen molar-refractivity contribution in [1.82, 2.24) is 5.32 Å². The number of rotatable bonds is 9. The zero-order valence-electron chi connectivity index (χ0n) is 13.7. The first kappa shape index (κ1) is 20.9. The maximum atomic E-state index is 11.9. The van der Waals surface area contributed by atoms with Crippen LogP contribution in [0.3, 0.4) is 0 Å². The number of nitrogens with two attached hydrogens (primary N) is 1. The molecule has 0 bridgehead atoms. The second-order valence-electron chi connectivity index (χ2n) is 5.60. The molecule has 0 aliphatic heterocycles. The monoisotopic (exact) mass is 328 g/mol. The minimum Gasteiger partial charge on any atom is -0.378 e. The molecule has 0 heterocycles. The summed E-state index contributed by atoms with van der Waals surface area (Å²) in [7, 11) is 0. The highest BCUT2D eigenvalue weighted by Gasteiger charge is 2.15. The lowest BCUT2D eigenvalue weighted by Crippen LogP contribution is -2.32. The van der Waals surface area contributed by atoms with Gasteiger partial charge in [0.1, 0.15) is 0 Å². The lowest BCUT2D eigenvalue weighted by atomic mass is 10.0. The summed E-state index contributed by atoms with van der Waals surface area (Å²) < 4.78 is 5.66. The topological polar surface area (TPSA) is 64.3 Å². The Morgan fingerprint density at radius 2 is 1.91 bits per heavy atom. The third kappa shape index (κ3) is 7.78. The van der Waals surface area contributed by atoms with E-state index in [0.717, 1.165) is 12.0 Å². The van der Waals surface area contributed by atoms with Crippen molar-refractivity contribution in [3.05, 3.63) is 35.9 Å². The highest BCUT2D eigenvalue weighted by Crippen LogP contribution is 2.13. The van der Waals surface area contributed by atoms with Crippen LogP contribution in [0, 0.1) is 5.92 Å². The van der Waals surface area contributed by atoms with Crippen LogP contribution in [0.1, 0.15) is 45.2 Å². The second-order valence-corrected chi connectivity index (χ2v) is 5.60. The Balaban J connectivity index is 0.00000441. The summed E-state index contributed by atoms with van der Waals surface area (Å²) >= 11 is 0.